The quantitative estimate of drug-likeness (QED) is 0.0717. The van der Waals surface area contributed by atoms with Gasteiger partial charge < -0.3 is 30.4 Å². The van der Waals surface area contributed by atoms with Gasteiger partial charge in [0, 0.05) is 80.8 Å². The molecule has 312 valence electrons. The molecule has 1 unspecified atom stereocenters. The van der Waals surface area contributed by atoms with Crippen LogP contribution in [0.2, 0.25) is 5.02 Å². The summed E-state index contributed by atoms with van der Waals surface area (Å²) in [5.74, 6) is 1.80. The van der Waals surface area contributed by atoms with Crippen LogP contribution < -0.4 is 25.4 Å². The number of nitrogen functional groups attached to an aromatic ring is 1. The predicted molar refractivity (Wildman–Crippen MR) is 241 cm³/mol. The molecular formula is C46H56ClN7O4S. The van der Waals surface area contributed by atoms with E-state index in [-0.39, 0.29) is 0 Å². The van der Waals surface area contributed by atoms with Crippen molar-refractivity contribution in [3.8, 4) is 11.5 Å². The molecule has 2 aliphatic heterocycles. The fourth-order valence-electron chi connectivity index (χ4n) is 8.05. The molecule has 5 N–H and O–H groups in total. The van der Waals surface area contributed by atoms with Gasteiger partial charge in [0.05, 0.1) is 28.0 Å². The van der Waals surface area contributed by atoms with Gasteiger partial charge >= 0.3 is 0 Å². The summed E-state index contributed by atoms with van der Waals surface area (Å²) in [7, 11) is 0.465. The van der Waals surface area contributed by atoms with Crippen molar-refractivity contribution < 1.29 is 18.5 Å². The van der Waals surface area contributed by atoms with Crippen molar-refractivity contribution in [1.29, 1.82) is 0 Å². The van der Waals surface area contributed by atoms with Gasteiger partial charge in [-0.05, 0) is 116 Å². The molecule has 4 heterocycles. The molecule has 1 aliphatic carbocycles. The van der Waals surface area contributed by atoms with Crippen LogP contribution in [0, 0.1) is 11.3 Å². The Labute approximate surface area is 355 Å². The number of piperazine rings is 1. The molecule has 5 aromatic rings. The average molecular weight is 839 g/mol. The number of pyridine rings is 1. The van der Waals surface area contributed by atoms with Crippen molar-refractivity contribution in [3.63, 3.8) is 0 Å². The SMILES string of the molecule is CC1(C)CCC(CN2CCN(c3ccc(C=O)c(Oc4cnc5[nH]ccc5c4)c3)CC2)=C(c2ccc(Cl)cc2)C1.CNS(=O)c1ccc(NCC2CCOCC2)c(N)c1. The Morgan fingerprint density at radius 1 is 1.03 bits per heavy atom. The maximum Gasteiger partial charge on any atom is 0.153 e. The Morgan fingerprint density at radius 3 is 2.54 bits per heavy atom. The van der Waals surface area contributed by atoms with Gasteiger partial charge in [0.1, 0.15) is 28.1 Å². The summed E-state index contributed by atoms with van der Waals surface area (Å²) in [6.45, 7) is 12.2. The summed E-state index contributed by atoms with van der Waals surface area (Å²) in [4.78, 5) is 24.9. The fourth-order valence-corrected chi connectivity index (χ4v) is 8.83. The number of nitrogens with two attached hydrogens (primary N) is 1. The number of carbonyl (C=O) groups is 1. The van der Waals surface area contributed by atoms with E-state index >= 15 is 0 Å². The highest BCUT2D eigenvalue weighted by atomic mass is 35.5. The third kappa shape index (κ3) is 11.1. The van der Waals surface area contributed by atoms with Crippen LogP contribution in [0.4, 0.5) is 17.1 Å². The molecule has 0 bridgehead atoms. The lowest BCUT2D eigenvalue weighted by Crippen LogP contribution is -2.47. The summed E-state index contributed by atoms with van der Waals surface area (Å²) in [6, 6.07) is 23.5. The van der Waals surface area contributed by atoms with Crippen LogP contribution in [0.25, 0.3) is 16.6 Å². The molecule has 13 heteroatoms. The first kappa shape index (κ1) is 42.4. The van der Waals surface area contributed by atoms with Crippen molar-refractivity contribution in [1.82, 2.24) is 19.6 Å². The Kier molecular flexibility index (Phi) is 14.1. The molecule has 2 saturated heterocycles. The minimum Gasteiger partial charge on any atom is -0.455 e. The number of aromatic nitrogens is 2. The molecule has 0 spiro atoms. The number of benzene rings is 3. The number of aromatic amines is 1. The Balaban J connectivity index is 0.000000233. The van der Waals surface area contributed by atoms with Gasteiger partial charge in [-0.25, -0.2) is 13.9 Å². The molecular weight excluding hydrogens is 782 g/mol. The normalized spacial score (nSPS) is 17.9. The van der Waals surface area contributed by atoms with E-state index in [2.05, 4.69) is 55.8 Å². The number of hydrogen-bond donors (Lipinski definition) is 4. The predicted octanol–water partition coefficient (Wildman–Crippen LogP) is 8.96. The zero-order chi connectivity index (χ0) is 41.4. The number of carbonyl (C=O) groups excluding carboxylic acids is 1. The first-order valence-electron chi connectivity index (χ1n) is 20.5. The Bertz CT molecular complexity index is 2260. The number of aldehydes is 1. The molecule has 1 atom stereocenters. The number of anilines is 3. The number of rotatable bonds is 12. The van der Waals surface area contributed by atoms with E-state index in [9.17, 15) is 9.00 Å². The van der Waals surface area contributed by atoms with Crippen LogP contribution in [0.3, 0.4) is 0 Å². The standard InChI is InChI=1S/C33H35ClN4O2.C13H21N3O2S/c1-33(2)11-9-25(30(19-33)23-3-6-27(34)7-4-23)21-37-13-15-38(16-14-37)28-8-5-26(22-39)31(18-28)40-29-17-24-10-12-35-32(24)36-20-29;1-15-19(17)11-2-3-13(12(14)8-11)16-9-10-4-6-18-7-5-10/h3-8,10,12,17-18,20,22H,9,11,13-16,19,21H2,1-2H3,(H,35,36);2-3,8,10,15-16H,4-7,9,14H2,1H3. The Hall–Kier alpha value is -4.72. The van der Waals surface area contributed by atoms with Crippen LogP contribution in [0.5, 0.6) is 11.5 Å². The van der Waals surface area contributed by atoms with Gasteiger partial charge in [0.2, 0.25) is 0 Å². The van der Waals surface area contributed by atoms with Crippen molar-refractivity contribution in [2.75, 3.05) is 75.5 Å². The summed E-state index contributed by atoms with van der Waals surface area (Å²) >= 11 is 6.19. The zero-order valence-electron chi connectivity index (χ0n) is 34.3. The summed E-state index contributed by atoms with van der Waals surface area (Å²) in [5.41, 5.74) is 14.6. The first-order valence-corrected chi connectivity index (χ1v) is 22.0. The smallest absolute Gasteiger partial charge is 0.153 e. The minimum absolute atomic E-state index is 0.314. The highest BCUT2D eigenvalue weighted by molar-refractivity contribution is 7.83. The third-order valence-corrected chi connectivity index (χ3v) is 12.9. The molecule has 8 rings (SSSR count). The number of allylic oxidation sites excluding steroid dienone is 1. The molecule has 0 saturated carbocycles. The van der Waals surface area contributed by atoms with Gasteiger partial charge in [-0.15, -0.1) is 0 Å². The number of hydrogen-bond acceptors (Lipinski definition) is 9. The van der Waals surface area contributed by atoms with Crippen LogP contribution >= 0.6 is 11.6 Å². The fraction of sp³-hybridized carbons (Fsp3) is 0.391. The molecule has 2 aromatic heterocycles. The van der Waals surface area contributed by atoms with E-state index in [1.165, 1.54) is 17.6 Å². The minimum atomic E-state index is -1.19. The second-order valence-corrected chi connectivity index (χ2v) is 18.2. The molecule has 0 amide bonds. The van der Waals surface area contributed by atoms with E-state index in [1.807, 2.05) is 60.8 Å². The average Bonchev–Trinajstić information content (AvgIpc) is 3.73. The highest BCUT2D eigenvalue weighted by Gasteiger charge is 2.29. The van der Waals surface area contributed by atoms with E-state index < -0.39 is 11.0 Å². The molecule has 11 nitrogen and oxygen atoms in total. The van der Waals surface area contributed by atoms with E-state index in [0.29, 0.717) is 39.0 Å². The number of halogens is 1. The summed E-state index contributed by atoms with van der Waals surface area (Å²) in [5, 5.41) is 5.12. The summed E-state index contributed by atoms with van der Waals surface area (Å²) in [6.07, 6.45) is 10.0. The maximum absolute atomic E-state index is 11.8. The zero-order valence-corrected chi connectivity index (χ0v) is 35.8. The van der Waals surface area contributed by atoms with Gasteiger partial charge in [-0.1, -0.05) is 43.2 Å². The second kappa shape index (κ2) is 19.6. The lowest BCUT2D eigenvalue weighted by Gasteiger charge is -2.39. The highest BCUT2D eigenvalue weighted by Crippen LogP contribution is 2.43. The van der Waals surface area contributed by atoms with Crippen molar-refractivity contribution in [2.24, 2.45) is 11.3 Å². The van der Waals surface area contributed by atoms with Crippen LogP contribution in [0.15, 0.2) is 95.7 Å². The molecule has 2 fully saturated rings. The number of H-pyrrole nitrogens is 1. The van der Waals surface area contributed by atoms with E-state index in [0.717, 1.165) is 112 Å². The maximum atomic E-state index is 11.8. The van der Waals surface area contributed by atoms with Crippen molar-refractivity contribution >= 4 is 62.5 Å². The van der Waals surface area contributed by atoms with Crippen molar-refractivity contribution in [3.05, 3.63) is 107 Å². The van der Waals surface area contributed by atoms with Gasteiger partial charge in [-0.3, -0.25) is 9.69 Å². The molecule has 59 heavy (non-hydrogen) atoms. The second-order valence-electron chi connectivity index (χ2n) is 16.4. The first-order chi connectivity index (χ1) is 28.6. The molecule has 0 radical (unpaired) electrons. The van der Waals surface area contributed by atoms with E-state index in [1.54, 1.807) is 24.9 Å². The van der Waals surface area contributed by atoms with Crippen LogP contribution in [-0.2, 0) is 15.7 Å². The van der Waals surface area contributed by atoms with Gasteiger partial charge in [-0.2, -0.15) is 0 Å². The molecule has 3 aromatic carbocycles. The van der Waals surface area contributed by atoms with Crippen LogP contribution in [0.1, 0.15) is 61.9 Å². The van der Waals surface area contributed by atoms with Crippen LogP contribution in [-0.4, -0.2) is 84.9 Å². The number of ether oxygens (including phenoxy) is 2. The Morgan fingerprint density at radius 2 is 1.81 bits per heavy atom. The third-order valence-electron chi connectivity index (χ3n) is 11.6. The van der Waals surface area contributed by atoms with Gasteiger partial charge in [0.15, 0.2) is 6.29 Å². The van der Waals surface area contributed by atoms with E-state index in [4.69, 9.17) is 26.8 Å². The van der Waals surface area contributed by atoms with Gasteiger partial charge in [0.25, 0.3) is 0 Å². The summed E-state index contributed by atoms with van der Waals surface area (Å²) < 4.78 is 25.8. The topological polar surface area (TPSA) is 138 Å². The number of nitrogens with zero attached hydrogens (tertiary/aromatic N) is 3. The lowest BCUT2D eigenvalue weighted by molar-refractivity contribution is 0.0699. The number of fused-ring (bicyclic) bond motifs is 1. The lowest BCUT2D eigenvalue weighted by atomic mass is 9.72. The number of nitrogens with one attached hydrogen (secondary N) is 3. The monoisotopic (exact) mass is 837 g/mol. The molecule has 3 aliphatic rings. The van der Waals surface area contributed by atoms with Crippen molar-refractivity contribution in [2.45, 2.75) is 50.8 Å². The largest absolute Gasteiger partial charge is 0.455 e.